The smallest absolute Gasteiger partial charge is 0.360 e. The largest absolute Gasteiger partial charge is 0.448 e. The Balaban J connectivity index is 1.83. The second-order valence-electron chi connectivity index (χ2n) is 6.23. The number of para-hydroxylation sites is 1. The summed E-state index contributed by atoms with van der Waals surface area (Å²) in [5.41, 5.74) is 0.0967. The maximum absolute atomic E-state index is 12.9. The van der Waals surface area contributed by atoms with Crippen LogP contribution in [0.4, 0.5) is 5.69 Å². The van der Waals surface area contributed by atoms with E-state index in [1.165, 1.54) is 11.8 Å². The Kier molecular flexibility index (Phi) is 6.00. The molecular weight excluding hydrogens is 372 g/mol. The number of ether oxygens (including phenoxy) is 1. The fraction of sp³-hybridized carbons (Fsp3) is 0.190. The molecule has 8 heteroatoms. The highest BCUT2D eigenvalue weighted by molar-refractivity contribution is 6.04. The number of amides is 1. The molecule has 1 amide bonds. The molecule has 0 spiro atoms. The minimum absolute atomic E-state index is 0.0804. The average Bonchev–Trinajstić information content (AvgIpc) is 2.75. The summed E-state index contributed by atoms with van der Waals surface area (Å²) >= 11 is 0. The molecule has 0 bridgehead atoms. The number of benzene rings is 2. The molecule has 0 saturated carbocycles. The number of carbonyl (C=O) groups excluding carboxylic acids is 2. The number of hydrogen-bond acceptors (Lipinski definition) is 6. The minimum Gasteiger partial charge on any atom is -0.448 e. The van der Waals surface area contributed by atoms with Crippen LogP contribution in [0.2, 0.25) is 0 Å². The molecular formula is C21H18N4O4. The van der Waals surface area contributed by atoms with Crippen LogP contribution >= 0.6 is 0 Å². The standard InChI is InChI=1S/C21H18N4O4/c1-14(20(27)25(13-7-12-22)15-8-3-2-4-9-15)29-21(28)18-16-10-5-6-11-17(16)19(26)24-23-18/h2-6,8-11,14H,7,13H2,1H3,(H,24,26)/t14-/m0/s1. The first-order chi connectivity index (χ1) is 14.0. The molecule has 1 N–H and O–H groups in total. The van der Waals surface area contributed by atoms with E-state index >= 15 is 0 Å². The number of carbonyl (C=O) groups is 2. The fourth-order valence-corrected chi connectivity index (χ4v) is 2.89. The van der Waals surface area contributed by atoms with Crippen LogP contribution in [0, 0.1) is 11.3 Å². The lowest BCUT2D eigenvalue weighted by atomic mass is 10.1. The monoisotopic (exact) mass is 390 g/mol. The lowest BCUT2D eigenvalue weighted by molar-refractivity contribution is -0.126. The molecule has 146 valence electrons. The van der Waals surface area contributed by atoms with Gasteiger partial charge in [0.05, 0.1) is 17.9 Å². The van der Waals surface area contributed by atoms with Gasteiger partial charge < -0.3 is 9.64 Å². The molecule has 3 rings (SSSR count). The first-order valence-electron chi connectivity index (χ1n) is 8.94. The van der Waals surface area contributed by atoms with Crippen molar-refractivity contribution in [2.45, 2.75) is 19.4 Å². The number of hydrogen-bond donors (Lipinski definition) is 1. The predicted molar refractivity (Wildman–Crippen MR) is 106 cm³/mol. The molecule has 0 saturated heterocycles. The quantitative estimate of drug-likeness (QED) is 0.646. The van der Waals surface area contributed by atoms with E-state index in [1.54, 1.807) is 48.5 Å². The first kappa shape index (κ1) is 19.8. The topological polar surface area (TPSA) is 116 Å². The molecule has 8 nitrogen and oxygen atoms in total. The number of H-pyrrole nitrogens is 1. The maximum atomic E-state index is 12.9. The number of nitrogens with zero attached hydrogens (tertiary/aromatic N) is 3. The van der Waals surface area contributed by atoms with Gasteiger partial charge in [0.1, 0.15) is 0 Å². The van der Waals surface area contributed by atoms with Crippen LogP contribution < -0.4 is 10.5 Å². The van der Waals surface area contributed by atoms with Gasteiger partial charge in [0.25, 0.3) is 11.5 Å². The third-order valence-corrected chi connectivity index (χ3v) is 4.30. The van der Waals surface area contributed by atoms with E-state index in [2.05, 4.69) is 10.2 Å². The van der Waals surface area contributed by atoms with Gasteiger partial charge in [0, 0.05) is 17.6 Å². The van der Waals surface area contributed by atoms with E-state index in [4.69, 9.17) is 10.00 Å². The molecule has 1 atom stereocenters. The number of aromatic amines is 1. The summed E-state index contributed by atoms with van der Waals surface area (Å²) in [5, 5.41) is 15.6. The van der Waals surface area contributed by atoms with Crippen LogP contribution in [-0.4, -0.2) is 34.7 Å². The number of nitriles is 1. The Bertz CT molecular complexity index is 1130. The summed E-state index contributed by atoms with van der Waals surface area (Å²) < 4.78 is 5.33. The minimum atomic E-state index is -1.12. The molecule has 0 unspecified atom stereocenters. The van der Waals surface area contributed by atoms with Gasteiger partial charge in [0.2, 0.25) is 0 Å². The summed E-state index contributed by atoms with van der Waals surface area (Å²) in [6, 6.07) is 17.3. The second kappa shape index (κ2) is 8.80. The number of rotatable bonds is 6. The molecule has 0 radical (unpaired) electrons. The van der Waals surface area contributed by atoms with E-state index < -0.39 is 23.5 Å². The molecule has 2 aromatic carbocycles. The van der Waals surface area contributed by atoms with Crippen molar-refractivity contribution >= 4 is 28.3 Å². The normalized spacial score (nSPS) is 11.4. The third kappa shape index (κ3) is 4.30. The Morgan fingerprint density at radius 3 is 2.48 bits per heavy atom. The molecule has 3 aromatic rings. The van der Waals surface area contributed by atoms with Crippen molar-refractivity contribution in [3.8, 4) is 6.07 Å². The molecule has 1 heterocycles. The van der Waals surface area contributed by atoms with Gasteiger partial charge in [-0.3, -0.25) is 9.59 Å². The highest BCUT2D eigenvalue weighted by atomic mass is 16.5. The lowest BCUT2D eigenvalue weighted by Crippen LogP contribution is -2.40. The SMILES string of the molecule is C[C@H](OC(=O)c1n[nH]c(=O)c2ccccc12)C(=O)N(CCC#N)c1ccccc1. The van der Waals surface area contributed by atoms with Gasteiger partial charge in [-0.25, -0.2) is 9.89 Å². The van der Waals surface area contributed by atoms with E-state index in [9.17, 15) is 14.4 Å². The number of nitrogens with one attached hydrogen (secondary N) is 1. The zero-order chi connectivity index (χ0) is 20.8. The van der Waals surface area contributed by atoms with Gasteiger partial charge in [-0.1, -0.05) is 36.4 Å². The van der Waals surface area contributed by atoms with Crippen LogP contribution in [0.15, 0.2) is 59.4 Å². The fourth-order valence-electron chi connectivity index (χ4n) is 2.89. The summed E-state index contributed by atoms with van der Waals surface area (Å²) in [6.07, 6.45) is -0.984. The van der Waals surface area contributed by atoms with E-state index in [-0.39, 0.29) is 18.7 Å². The Hall–Kier alpha value is -3.99. The third-order valence-electron chi connectivity index (χ3n) is 4.30. The molecule has 0 aliphatic heterocycles. The Morgan fingerprint density at radius 1 is 1.14 bits per heavy atom. The predicted octanol–water partition coefficient (Wildman–Crippen LogP) is 2.42. The average molecular weight is 390 g/mol. The van der Waals surface area contributed by atoms with Gasteiger partial charge >= 0.3 is 5.97 Å². The summed E-state index contributed by atoms with van der Waals surface area (Å²) in [4.78, 5) is 38.8. The highest BCUT2D eigenvalue weighted by Gasteiger charge is 2.27. The summed E-state index contributed by atoms with van der Waals surface area (Å²) in [5.74, 6) is -1.29. The Labute approximate surface area is 166 Å². The van der Waals surface area contributed by atoms with Crippen LogP contribution in [0.5, 0.6) is 0 Å². The van der Waals surface area contributed by atoms with E-state index in [0.29, 0.717) is 16.5 Å². The van der Waals surface area contributed by atoms with E-state index in [0.717, 1.165) is 0 Å². The number of fused-ring (bicyclic) bond motifs is 1. The van der Waals surface area contributed by atoms with Crippen molar-refractivity contribution in [1.29, 1.82) is 5.26 Å². The molecule has 29 heavy (non-hydrogen) atoms. The highest BCUT2D eigenvalue weighted by Crippen LogP contribution is 2.18. The van der Waals surface area contributed by atoms with Gasteiger partial charge in [-0.15, -0.1) is 0 Å². The molecule has 0 fully saturated rings. The van der Waals surface area contributed by atoms with Crippen molar-refractivity contribution in [1.82, 2.24) is 10.2 Å². The number of aromatic nitrogens is 2. The van der Waals surface area contributed by atoms with Crippen molar-refractivity contribution in [3.05, 3.63) is 70.6 Å². The van der Waals surface area contributed by atoms with Crippen LogP contribution in [0.1, 0.15) is 23.8 Å². The van der Waals surface area contributed by atoms with Crippen molar-refractivity contribution in [2.75, 3.05) is 11.4 Å². The zero-order valence-electron chi connectivity index (χ0n) is 15.7. The van der Waals surface area contributed by atoms with Crippen LogP contribution in [-0.2, 0) is 9.53 Å². The van der Waals surface area contributed by atoms with E-state index in [1.807, 2.05) is 12.1 Å². The van der Waals surface area contributed by atoms with Gasteiger partial charge in [-0.2, -0.15) is 10.4 Å². The van der Waals surface area contributed by atoms with Crippen molar-refractivity contribution in [2.24, 2.45) is 0 Å². The number of esters is 1. The Morgan fingerprint density at radius 2 is 1.79 bits per heavy atom. The molecule has 1 aromatic heterocycles. The van der Waals surface area contributed by atoms with Crippen molar-refractivity contribution < 1.29 is 14.3 Å². The maximum Gasteiger partial charge on any atom is 0.360 e. The summed E-state index contributed by atoms with van der Waals surface area (Å²) in [6.45, 7) is 1.62. The summed E-state index contributed by atoms with van der Waals surface area (Å²) in [7, 11) is 0. The van der Waals surface area contributed by atoms with Crippen molar-refractivity contribution in [3.63, 3.8) is 0 Å². The lowest BCUT2D eigenvalue weighted by Gasteiger charge is -2.25. The van der Waals surface area contributed by atoms with Crippen LogP contribution in [0.25, 0.3) is 10.8 Å². The molecule has 0 aliphatic carbocycles. The van der Waals surface area contributed by atoms with Crippen LogP contribution in [0.3, 0.4) is 0 Å². The van der Waals surface area contributed by atoms with Gasteiger partial charge in [-0.05, 0) is 25.1 Å². The van der Waals surface area contributed by atoms with Gasteiger partial charge in [0.15, 0.2) is 11.8 Å². The number of anilines is 1. The zero-order valence-corrected chi connectivity index (χ0v) is 15.7. The first-order valence-corrected chi connectivity index (χ1v) is 8.94. The second-order valence-corrected chi connectivity index (χ2v) is 6.23. The molecule has 0 aliphatic rings.